The number of rotatable bonds is 7. The average Bonchev–Trinajstić information content (AvgIpc) is 3.12. The number of amides is 1. The maximum Gasteiger partial charge on any atom is 0.437 e. The van der Waals surface area contributed by atoms with Gasteiger partial charge in [0.2, 0.25) is 5.91 Å². The Bertz CT molecular complexity index is 1310. The van der Waals surface area contributed by atoms with Crippen molar-refractivity contribution in [3.8, 4) is 29.0 Å². The lowest BCUT2D eigenvalue weighted by atomic mass is 10.1. The van der Waals surface area contributed by atoms with E-state index in [2.05, 4.69) is 10.4 Å². The molecule has 1 heterocycles. The van der Waals surface area contributed by atoms with Gasteiger partial charge in [-0.15, -0.1) is 5.10 Å². The van der Waals surface area contributed by atoms with Gasteiger partial charge in [-0.1, -0.05) is 11.6 Å². The number of nitriles is 1. The van der Waals surface area contributed by atoms with Crippen molar-refractivity contribution in [3.05, 3.63) is 61.6 Å². The summed E-state index contributed by atoms with van der Waals surface area (Å²) in [5, 5.41) is 26.5. The highest BCUT2D eigenvalue weighted by atomic mass is 35.5. The van der Waals surface area contributed by atoms with Gasteiger partial charge in [0, 0.05) is 24.3 Å². The lowest BCUT2D eigenvalue weighted by molar-refractivity contribution is -0.384. The second-order valence-electron chi connectivity index (χ2n) is 6.16. The van der Waals surface area contributed by atoms with E-state index in [1.165, 1.54) is 38.5 Å². The number of aromatic nitrogens is 2. The van der Waals surface area contributed by atoms with Crippen LogP contribution in [-0.2, 0) is 11.3 Å². The Morgan fingerprint density at radius 2 is 2.00 bits per heavy atom. The number of carbonyl (C=O) groups is 1. The summed E-state index contributed by atoms with van der Waals surface area (Å²) in [6.07, 6.45) is 0. The zero-order valence-electron chi connectivity index (χ0n) is 16.6. The summed E-state index contributed by atoms with van der Waals surface area (Å²) in [6.45, 7) is -0.536. The summed E-state index contributed by atoms with van der Waals surface area (Å²) < 4.78 is 16.0. The molecule has 12 nitrogen and oxygen atoms in total. The maximum atomic E-state index is 12.5. The number of benzene rings is 2. The molecule has 0 aliphatic carbocycles. The van der Waals surface area contributed by atoms with Crippen LogP contribution in [0.2, 0.25) is 5.02 Å². The summed E-state index contributed by atoms with van der Waals surface area (Å²) >= 11 is 6.02. The monoisotopic (exact) mass is 459 g/mol. The van der Waals surface area contributed by atoms with Crippen molar-refractivity contribution in [2.45, 2.75) is 6.54 Å². The van der Waals surface area contributed by atoms with Crippen molar-refractivity contribution >= 4 is 28.9 Å². The summed E-state index contributed by atoms with van der Waals surface area (Å²) in [7, 11) is 2.80. The fraction of sp³-hybridized carbons (Fsp3) is 0.158. The predicted molar refractivity (Wildman–Crippen MR) is 111 cm³/mol. The number of halogens is 1. The minimum absolute atomic E-state index is 0.0546. The molecule has 32 heavy (non-hydrogen) atoms. The summed E-state index contributed by atoms with van der Waals surface area (Å²) in [5.41, 5.74) is 0.149. The third kappa shape index (κ3) is 4.52. The van der Waals surface area contributed by atoms with E-state index in [4.69, 9.17) is 25.5 Å². The summed E-state index contributed by atoms with van der Waals surface area (Å²) in [4.78, 5) is 34.8. The molecule has 3 aromatic rings. The zero-order chi connectivity index (χ0) is 23.4. The highest BCUT2D eigenvalue weighted by Gasteiger charge is 2.19. The Kier molecular flexibility index (Phi) is 6.41. The van der Waals surface area contributed by atoms with E-state index in [-0.39, 0.29) is 39.2 Å². The van der Waals surface area contributed by atoms with Gasteiger partial charge in [-0.05, 0) is 6.07 Å². The standard InChI is InChI=1S/C19H14ClN5O7/c1-30-15-5-10(8-21)14(7-16(15)31-2)22-17(26)9-24-19(27)32-18(23-24)12-4-3-11(25(28)29)6-13(12)20/h3-7H,9H2,1-2H3,(H,22,26). The minimum atomic E-state index is -0.947. The Labute approximate surface area is 184 Å². The van der Waals surface area contributed by atoms with Crippen molar-refractivity contribution in [2.75, 3.05) is 19.5 Å². The first-order valence-corrected chi connectivity index (χ1v) is 9.13. The molecule has 13 heteroatoms. The van der Waals surface area contributed by atoms with Gasteiger partial charge in [0.1, 0.15) is 12.6 Å². The van der Waals surface area contributed by atoms with Crippen LogP contribution in [0.5, 0.6) is 11.5 Å². The van der Waals surface area contributed by atoms with Crippen molar-refractivity contribution in [1.82, 2.24) is 9.78 Å². The van der Waals surface area contributed by atoms with Crippen LogP contribution >= 0.6 is 11.6 Å². The summed E-state index contributed by atoms with van der Waals surface area (Å²) in [6, 6.07) is 8.27. The van der Waals surface area contributed by atoms with Crippen LogP contribution in [0, 0.1) is 21.4 Å². The SMILES string of the molecule is COc1cc(C#N)c(NC(=O)Cn2nc(-c3ccc([N+](=O)[O-])cc3Cl)oc2=O)cc1OC. The fourth-order valence-electron chi connectivity index (χ4n) is 2.71. The lowest BCUT2D eigenvalue weighted by Gasteiger charge is -2.12. The summed E-state index contributed by atoms with van der Waals surface area (Å²) in [5.74, 6) is -1.25. The quantitative estimate of drug-likeness (QED) is 0.413. The molecule has 164 valence electrons. The molecule has 0 atom stereocenters. The van der Waals surface area contributed by atoms with Crippen LogP contribution in [-0.4, -0.2) is 34.8 Å². The van der Waals surface area contributed by atoms with Crippen molar-refractivity contribution in [3.63, 3.8) is 0 Å². The van der Waals surface area contributed by atoms with Crippen molar-refractivity contribution in [2.24, 2.45) is 0 Å². The number of non-ortho nitro benzene ring substituents is 1. The average molecular weight is 460 g/mol. The van der Waals surface area contributed by atoms with Crippen molar-refractivity contribution in [1.29, 1.82) is 5.26 Å². The van der Waals surface area contributed by atoms with E-state index in [9.17, 15) is 25.0 Å². The van der Waals surface area contributed by atoms with Gasteiger partial charge >= 0.3 is 5.76 Å². The molecule has 0 radical (unpaired) electrons. The molecule has 0 unspecified atom stereocenters. The van der Waals surface area contributed by atoms with E-state index in [1.54, 1.807) is 0 Å². The number of nitro benzene ring substituents is 1. The van der Waals surface area contributed by atoms with E-state index >= 15 is 0 Å². The molecule has 1 N–H and O–H groups in total. The van der Waals surface area contributed by atoms with Gasteiger partial charge in [-0.3, -0.25) is 14.9 Å². The highest BCUT2D eigenvalue weighted by Crippen LogP contribution is 2.33. The maximum absolute atomic E-state index is 12.5. The van der Waals surface area contributed by atoms with E-state index in [0.29, 0.717) is 5.75 Å². The van der Waals surface area contributed by atoms with E-state index in [0.717, 1.165) is 10.7 Å². The van der Waals surface area contributed by atoms with Gasteiger partial charge in [-0.2, -0.15) is 9.94 Å². The molecule has 0 spiro atoms. The van der Waals surface area contributed by atoms with Gasteiger partial charge < -0.3 is 19.2 Å². The number of nitro groups is 1. The number of hydrogen-bond donors (Lipinski definition) is 1. The first kappa shape index (κ1) is 22.3. The van der Waals surface area contributed by atoms with Crippen LogP contribution in [0.1, 0.15) is 5.56 Å². The molecular formula is C19H14ClN5O7. The molecule has 1 amide bonds. The Morgan fingerprint density at radius 1 is 1.31 bits per heavy atom. The second-order valence-corrected chi connectivity index (χ2v) is 6.57. The third-order valence-corrected chi connectivity index (χ3v) is 4.52. The van der Waals surface area contributed by atoms with Gasteiger partial charge in [0.25, 0.3) is 11.6 Å². The highest BCUT2D eigenvalue weighted by molar-refractivity contribution is 6.33. The number of nitrogens with one attached hydrogen (secondary N) is 1. The zero-order valence-corrected chi connectivity index (χ0v) is 17.4. The number of hydrogen-bond acceptors (Lipinski definition) is 9. The van der Waals surface area contributed by atoms with E-state index < -0.39 is 23.1 Å². The molecule has 0 aliphatic rings. The molecule has 3 rings (SSSR count). The fourth-order valence-corrected chi connectivity index (χ4v) is 2.96. The van der Waals surface area contributed by atoms with Crippen LogP contribution in [0.25, 0.3) is 11.5 Å². The molecule has 0 bridgehead atoms. The van der Waals surface area contributed by atoms with Crippen LogP contribution < -0.4 is 20.5 Å². The number of methoxy groups -OCH3 is 2. The minimum Gasteiger partial charge on any atom is -0.493 e. The van der Waals surface area contributed by atoms with Gasteiger partial charge in [0.05, 0.1) is 41.0 Å². The molecule has 2 aromatic carbocycles. The lowest BCUT2D eigenvalue weighted by Crippen LogP contribution is -2.26. The molecular weight excluding hydrogens is 446 g/mol. The Morgan fingerprint density at radius 3 is 2.59 bits per heavy atom. The molecule has 0 fully saturated rings. The first-order valence-electron chi connectivity index (χ1n) is 8.75. The first-order chi connectivity index (χ1) is 15.3. The number of carbonyl (C=O) groups excluding carboxylic acids is 1. The van der Waals surface area contributed by atoms with Crippen molar-refractivity contribution < 1.29 is 23.6 Å². The molecule has 0 saturated heterocycles. The van der Waals surface area contributed by atoms with Crippen LogP contribution in [0.3, 0.4) is 0 Å². The Hall–Kier alpha value is -4.37. The molecule has 0 aliphatic heterocycles. The van der Waals surface area contributed by atoms with Crippen LogP contribution in [0.15, 0.2) is 39.5 Å². The number of nitrogens with zero attached hydrogens (tertiary/aromatic N) is 4. The second kappa shape index (κ2) is 9.19. The van der Waals surface area contributed by atoms with Gasteiger partial charge in [0.15, 0.2) is 11.5 Å². The topological polar surface area (TPSA) is 163 Å². The van der Waals surface area contributed by atoms with Gasteiger partial charge in [-0.25, -0.2) is 4.79 Å². The molecule has 1 aromatic heterocycles. The smallest absolute Gasteiger partial charge is 0.437 e. The number of ether oxygens (including phenoxy) is 2. The van der Waals surface area contributed by atoms with Crippen LogP contribution in [0.4, 0.5) is 11.4 Å². The third-order valence-electron chi connectivity index (χ3n) is 4.21. The number of anilines is 1. The molecule has 0 saturated carbocycles. The predicted octanol–water partition coefficient (Wildman–Crippen LogP) is 2.59. The normalized spacial score (nSPS) is 10.3. The largest absolute Gasteiger partial charge is 0.493 e. The Balaban J connectivity index is 1.83. The van der Waals surface area contributed by atoms with E-state index in [1.807, 2.05) is 6.07 Å².